The summed E-state index contributed by atoms with van der Waals surface area (Å²) in [4.78, 5) is 12.0. The van der Waals surface area contributed by atoms with Gasteiger partial charge in [0.2, 0.25) is 5.91 Å². The van der Waals surface area contributed by atoms with Gasteiger partial charge in [-0.05, 0) is 49.6 Å². The Labute approximate surface area is 130 Å². The van der Waals surface area contributed by atoms with Gasteiger partial charge in [0.05, 0.1) is 6.42 Å². The molecule has 3 nitrogen and oxygen atoms in total. The number of halogens is 1. The Balaban J connectivity index is 1.84. The van der Waals surface area contributed by atoms with E-state index in [2.05, 4.69) is 16.0 Å². The third kappa shape index (κ3) is 4.11. The van der Waals surface area contributed by atoms with Crippen molar-refractivity contribution in [3.8, 4) is 0 Å². The first kappa shape index (κ1) is 15.6. The van der Waals surface area contributed by atoms with Crippen molar-refractivity contribution in [1.82, 2.24) is 9.88 Å². The van der Waals surface area contributed by atoms with Gasteiger partial charge in [0.1, 0.15) is 0 Å². The number of hydrogen-bond donors (Lipinski definition) is 1. The van der Waals surface area contributed by atoms with Crippen LogP contribution >= 0.6 is 11.6 Å². The summed E-state index contributed by atoms with van der Waals surface area (Å²) in [6.45, 7) is 4.72. The zero-order valence-electron chi connectivity index (χ0n) is 12.7. The van der Waals surface area contributed by atoms with Crippen LogP contribution in [0.2, 0.25) is 5.02 Å². The van der Waals surface area contributed by atoms with Gasteiger partial charge in [0.15, 0.2) is 0 Å². The van der Waals surface area contributed by atoms with Crippen molar-refractivity contribution in [2.24, 2.45) is 7.05 Å². The Hall–Kier alpha value is -1.74. The predicted octanol–water partition coefficient (Wildman–Crippen LogP) is 3.20. The first-order valence-corrected chi connectivity index (χ1v) is 7.48. The highest BCUT2D eigenvalue weighted by molar-refractivity contribution is 6.30. The lowest BCUT2D eigenvalue weighted by Crippen LogP contribution is -2.27. The van der Waals surface area contributed by atoms with Crippen molar-refractivity contribution in [3.05, 3.63) is 57.9 Å². The van der Waals surface area contributed by atoms with Gasteiger partial charge in [-0.3, -0.25) is 4.79 Å². The van der Waals surface area contributed by atoms with E-state index in [0.29, 0.717) is 13.0 Å². The molecule has 1 amide bonds. The van der Waals surface area contributed by atoms with Crippen molar-refractivity contribution in [2.45, 2.75) is 26.7 Å². The van der Waals surface area contributed by atoms with Gasteiger partial charge in [-0.2, -0.15) is 0 Å². The summed E-state index contributed by atoms with van der Waals surface area (Å²) in [5, 5.41) is 3.69. The molecule has 0 aliphatic rings. The Morgan fingerprint density at radius 2 is 2.05 bits per heavy atom. The minimum atomic E-state index is 0.0609. The van der Waals surface area contributed by atoms with Crippen molar-refractivity contribution < 1.29 is 4.79 Å². The van der Waals surface area contributed by atoms with Crippen LogP contribution in [-0.4, -0.2) is 17.0 Å². The fourth-order valence-electron chi connectivity index (χ4n) is 2.39. The number of benzene rings is 1. The van der Waals surface area contributed by atoms with E-state index in [-0.39, 0.29) is 5.91 Å². The minimum Gasteiger partial charge on any atom is -0.355 e. The average molecular weight is 305 g/mol. The van der Waals surface area contributed by atoms with E-state index >= 15 is 0 Å². The lowest BCUT2D eigenvalue weighted by molar-refractivity contribution is -0.120. The van der Waals surface area contributed by atoms with E-state index in [4.69, 9.17) is 11.6 Å². The van der Waals surface area contributed by atoms with Crippen LogP contribution in [0, 0.1) is 13.8 Å². The van der Waals surface area contributed by atoms with E-state index < -0.39 is 0 Å². The van der Waals surface area contributed by atoms with Crippen molar-refractivity contribution in [2.75, 3.05) is 6.54 Å². The van der Waals surface area contributed by atoms with E-state index in [1.807, 2.05) is 45.2 Å². The summed E-state index contributed by atoms with van der Waals surface area (Å²) in [5.74, 6) is 0.0609. The highest BCUT2D eigenvalue weighted by Crippen LogP contribution is 2.14. The Morgan fingerprint density at radius 3 is 2.67 bits per heavy atom. The molecule has 21 heavy (non-hydrogen) atoms. The molecule has 0 aliphatic heterocycles. The third-order valence-corrected chi connectivity index (χ3v) is 4.09. The molecule has 1 heterocycles. The predicted molar refractivity (Wildman–Crippen MR) is 86.8 cm³/mol. The van der Waals surface area contributed by atoms with Gasteiger partial charge in [-0.15, -0.1) is 0 Å². The molecule has 1 aromatic carbocycles. The van der Waals surface area contributed by atoms with Gasteiger partial charge >= 0.3 is 0 Å². The molecule has 2 aromatic rings. The molecule has 4 heteroatoms. The molecule has 0 bridgehead atoms. The second kappa shape index (κ2) is 6.81. The van der Waals surface area contributed by atoms with Gasteiger partial charge < -0.3 is 9.88 Å². The zero-order valence-corrected chi connectivity index (χ0v) is 13.5. The lowest BCUT2D eigenvalue weighted by Gasteiger charge is -2.06. The van der Waals surface area contributed by atoms with Crippen LogP contribution in [0.4, 0.5) is 0 Å². The smallest absolute Gasteiger partial charge is 0.224 e. The van der Waals surface area contributed by atoms with Crippen molar-refractivity contribution in [3.63, 3.8) is 0 Å². The molecule has 0 atom stereocenters. The molecule has 0 saturated carbocycles. The highest BCUT2D eigenvalue weighted by Gasteiger charge is 2.10. The van der Waals surface area contributed by atoms with Crippen LogP contribution < -0.4 is 5.32 Å². The minimum absolute atomic E-state index is 0.0609. The van der Waals surface area contributed by atoms with Crippen LogP contribution in [0.1, 0.15) is 22.5 Å². The number of aryl methyl sites for hydroxylation is 1. The first-order chi connectivity index (χ1) is 9.97. The molecular weight excluding hydrogens is 284 g/mol. The number of hydrogen-bond acceptors (Lipinski definition) is 1. The fourth-order valence-corrected chi connectivity index (χ4v) is 2.60. The van der Waals surface area contributed by atoms with Gasteiger partial charge in [-0.25, -0.2) is 0 Å². The van der Waals surface area contributed by atoms with Crippen molar-refractivity contribution in [1.29, 1.82) is 0 Å². The van der Waals surface area contributed by atoms with E-state index in [0.717, 1.165) is 28.3 Å². The topological polar surface area (TPSA) is 34.0 Å². The van der Waals surface area contributed by atoms with E-state index in [1.165, 1.54) is 5.69 Å². The van der Waals surface area contributed by atoms with Crippen LogP contribution in [0.3, 0.4) is 0 Å². The monoisotopic (exact) mass is 304 g/mol. The van der Waals surface area contributed by atoms with Gasteiger partial charge in [0, 0.05) is 30.0 Å². The summed E-state index contributed by atoms with van der Waals surface area (Å²) in [5.41, 5.74) is 4.55. The van der Waals surface area contributed by atoms with Gasteiger partial charge in [0.25, 0.3) is 0 Å². The number of aromatic nitrogens is 1. The van der Waals surface area contributed by atoms with Crippen LogP contribution in [0.15, 0.2) is 30.3 Å². The Kier molecular flexibility index (Phi) is 5.07. The molecule has 1 aromatic heterocycles. The quantitative estimate of drug-likeness (QED) is 0.904. The maximum absolute atomic E-state index is 12.0. The number of amides is 1. The first-order valence-electron chi connectivity index (χ1n) is 7.10. The average Bonchev–Trinajstić information content (AvgIpc) is 2.66. The highest BCUT2D eigenvalue weighted by atomic mass is 35.5. The SMILES string of the molecule is Cc1cc(CC(=O)NCCc2cccc(Cl)c2)c(C)n1C. The molecule has 0 aliphatic carbocycles. The molecule has 0 unspecified atom stereocenters. The summed E-state index contributed by atoms with van der Waals surface area (Å²) >= 11 is 5.94. The van der Waals surface area contributed by atoms with Crippen LogP contribution in [-0.2, 0) is 24.7 Å². The number of carbonyl (C=O) groups excluding carboxylic acids is 1. The van der Waals surface area contributed by atoms with E-state index in [9.17, 15) is 4.79 Å². The standard InChI is InChI=1S/C17H21ClN2O/c1-12-9-15(13(2)20(12)3)11-17(21)19-8-7-14-5-4-6-16(18)10-14/h4-6,9-10H,7-8,11H2,1-3H3,(H,19,21). The molecule has 1 N–H and O–H groups in total. The molecule has 0 radical (unpaired) electrons. The summed E-state index contributed by atoms with van der Waals surface area (Å²) < 4.78 is 2.11. The second-order valence-electron chi connectivity index (χ2n) is 5.36. The molecule has 2 rings (SSSR count). The summed E-state index contributed by atoms with van der Waals surface area (Å²) in [7, 11) is 2.02. The zero-order chi connectivity index (χ0) is 15.4. The largest absolute Gasteiger partial charge is 0.355 e. The molecule has 0 spiro atoms. The molecule has 0 saturated heterocycles. The fraction of sp³-hybridized carbons (Fsp3) is 0.353. The third-order valence-electron chi connectivity index (χ3n) is 3.86. The lowest BCUT2D eigenvalue weighted by atomic mass is 10.1. The maximum atomic E-state index is 12.0. The molecule has 0 fully saturated rings. The molecule has 112 valence electrons. The van der Waals surface area contributed by atoms with Crippen molar-refractivity contribution >= 4 is 17.5 Å². The molecular formula is C17H21ClN2O. The number of carbonyl (C=O) groups is 1. The van der Waals surface area contributed by atoms with Crippen LogP contribution in [0.25, 0.3) is 0 Å². The normalized spacial score (nSPS) is 10.7. The summed E-state index contributed by atoms with van der Waals surface area (Å²) in [6, 6.07) is 9.80. The van der Waals surface area contributed by atoms with E-state index in [1.54, 1.807) is 0 Å². The maximum Gasteiger partial charge on any atom is 0.224 e. The van der Waals surface area contributed by atoms with Crippen LogP contribution in [0.5, 0.6) is 0 Å². The number of nitrogens with one attached hydrogen (secondary N) is 1. The Morgan fingerprint density at radius 1 is 1.29 bits per heavy atom. The van der Waals surface area contributed by atoms with Gasteiger partial charge in [-0.1, -0.05) is 23.7 Å². The number of nitrogens with zero attached hydrogens (tertiary/aromatic N) is 1. The second-order valence-corrected chi connectivity index (χ2v) is 5.80. The number of rotatable bonds is 5. The Bertz CT molecular complexity index is 646. The summed E-state index contributed by atoms with van der Waals surface area (Å²) in [6.07, 6.45) is 1.22.